The average Bonchev–Trinajstić information content (AvgIpc) is 2.44. The van der Waals surface area contributed by atoms with Crippen LogP contribution in [0.3, 0.4) is 0 Å². The molecule has 0 spiro atoms. The number of aryl methyl sites for hydroxylation is 1. The fourth-order valence-corrected chi connectivity index (χ4v) is 3.50. The van der Waals surface area contributed by atoms with Crippen molar-refractivity contribution >= 4 is 32.8 Å². The molecular formula is C15H18BrN3O. The van der Waals surface area contributed by atoms with Gasteiger partial charge in [0.05, 0.1) is 10.9 Å². The molecule has 1 aliphatic rings. The molecule has 0 saturated carbocycles. The van der Waals surface area contributed by atoms with Crippen LogP contribution in [0.1, 0.15) is 24.8 Å². The van der Waals surface area contributed by atoms with E-state index in [0.717, 1.165) is 34.6 Å². The lowest BCUT2D eigenvalue weighted by Crippen LogP contribution is -2.35. The molecule has 1 aromatic heterocycles. The predicted molar refractivity (Wildman–Crippen MR) is 85.5 cm³/mol. The first-order chi connectivity index (χ1) is 9.58. The van der Waals surface area contributed by atoms with Crippen LogP contribution in [0.5, 0.6) is 0 Å². The number of benzene rings is 1. The van der Waals surface area contributed by atoms with Crippen molar-refractivity contribution in [2.24, 2.45) is 7.05 Å². The highest BCUT2D eigenvalue weighted by molar-refractivity contribution is 9.10. The molecule has 2 heterocycles. The quantitative estimate of drug-likeness (QED) is 0.804. The third-order valence-electron chi connectivity index (χ3n) is 3.89. The van der Waals surface area contributed by atoms with Crippen molar-refractivity contribution < 1.29 is 0 Å². The third kappa shape index (κ3) is 2.24. The maximum atomic E-state index is 12.6. The molecule has 0 radical (unpaired) electrons. The first kappa shape index (κ1) is 13.6. The van der Waals surface area contributed by atoms with Gasteiger partial charge in [-0.05, 0) is 59.8 Å². The van der Waals surface area contributed by atoms with Gasteiger partial charge in [0.1, 0.15) is 0 Å². The smallest absolute Gasteiger partial charge is 0.262 e. The molecule has 3 rings (SSSR count). The molecule has 1 saturated heterocycles. The maximum absolute atomic E-state index is 12.6. The van der Waals surface area contributed by atoms with E-state index >= 15 is 0 Å². The summed E-state index contributed by atoms with van der Waals surface area (Å²) in [5.74, 6) is 0.784. The summed E-state index contributed by atoms with van der Waals surface area (Å²) in [6.45, 7) is 3.95. The van der Waals surface area contributed by atoms with Gasteiger partial charge in [0.25, 0.3) is 5.56 Å². The SMILES string of the molecule is Cc1cc(Br)c2nc(N3CCCCC3)n(C)c(=O)c2c1. The van der Waals surface area contributed by atoms with Gasteiger partial charge in [-0.1, -0.05) is 0 Å². The summed E-state index contributed by atoms with van der Waals surface area (Å²) in [5.41, 5.74) is 1.85. The second-order valence-corrected chi connectivity index (χ2v) is 6.32. The van der Waals surface area contributed by atoms with Crippen LogP contribution in [0.2, 0.25) is 0 Å². The summed E-state index contributed by atoms with van der Waals surface area (Å²) in [6, 6.07) is 3.92. The zero-order chi connectivity index (χ0) is 14.3. The minimum absolute atomic E-state index is 0.0278. The van der Waals surface area contributed by atoms with Gasteiger partial charge < -0.3 is 4.90 Å². The van der Waals surface area contributed by atoms with E-state index in [1.165, 1.54) is 19.3 Å². The normalized spacial score (nSPS) is 15.8. The van der Waals surface area contributed by atoms with Gasteiger partial charge in [0, 0.05) is 24.6 Å². The average molecular weight is 336 g/mol. The third-order valence-corrected chi connectivity index (χ3v) is 4.50. The van der Waals surface area contributed by atoms with E-state index in [2.05, 4.69) is 20.8 Å². The highest BCUT2D eigenvalue weighted by atomic mass is 79.9. The molecule has 1 aliphatic heterocycles. The molecule has 5 heteroatoms. The van der Waals surface area contributed by atoms with Crippen LogP contribution < -0.4 is 10.5 Å². The second-order valence-electron chi connectivity index (χ2n) is 5.47. The van der Waals surface area contributed by atoms with Gasteiger partial charge in [0.15, 0.2) is 0 Å². The molecule has 4 nitrogen and oxygen atoms in total. The minimum Gasteiger partial charge on any atom is -0.342 e. The van der Waals surface area contributed by atoms with E-state index in [1.54, 1.807) is 4.57 Å². The minimum atomic E-state index is 0.0278. The lowest BCUT2D eigenvalue weighted by molar-refractivity contribution is 0.558. The summed E-state index contributed by atoms with van der Waals surface area (Å²) < 4.78 is 2.57. The Labute approximate surface area is 126 Å². The number of anilines is 1. The molecule has 0 amide bonds. The summed E-state index contributed by atoms with van der Waals surface area (Å²) in [7, 11) is 1.81. The largest absolute Gasteiger partial charge is 0.342 e. The first-order valence-electron chi connectivity index (χ1n) is 7.00. The molecule has 0 unspecified atom stereocenters. The van der Waals surface area contributed by atoms with Crippen molar-refractivity contribution in [3.8, 4) is 0 Å². The Morgan fingerprint density at radius 3 is 2.60 bits per heavy atom. The van der Waals surface area contributed by atoms with Gasteiger partial charge in [-0.15, -0.1) is 0 Å². The molecule has 20 heavy (non-hydrogen) atoms. The van der Waals surface area contributed by atoms with Crippen LogP contribution in [0.15, 0.2) is 21.4 Å². The summed E-state index contributed by atoms with van der Waals surface area (Å²) in [4.78, 5) is 19.5. The number of fused-ring (bicyclic) bond motifs is 1. The number of rotatable bonds is 1. The van der Waals surface area contributed by atoms with E-state index in [0.29, 0.717) is 5.39 Å². The molecule has 0 aliphatic carbocycles. The zero-order valence-electron chi connectivity index (χ0n) is 11.8. The fraction of sp³-hybridized carbons (Fsp3) is 0.467. The Morgan fingerprint density at radius 2 is 1.90 bits per heavy atom. The van der Waals surface area contributed by atoms with E-state index in [9.17, 15) is 4.79 Å². The molecule has 0 N–H and O–H groups in total. The Hall–Kier alpha value is -1.36. The van der Waals surface area contributed by atoms with Gasteiger partial charge in [-0.25, -0.2) is 4.98 Å². The molecule has 106 valence electrons. The number of aromatic nitrogens is 2. The van der Waals surface area contributed by atoms with E-state index < -0.39 is 0 Å². The highest BCUT2D eigenvalue weighted by Crippen LogP contribution is 2.25. The number of hydrogen-bond donors (Lipinski definition) is 0. The number of nitrogens with zero attached hydrogens (tertiary/aromatic N) is 3. The second kappa shape index (κ2) is 5.20. The number of piperidine rings is 1. The van der Waals surface area contributed by atoms with Crippen molar-refractivity contribution in [1.82, 2.24) is 9.55 Å². The van der Waals surface area contributed by atoms with Crippen molar-refractivity contribution in [2.45, 2.75) is 26.2 Å². The maximum Gasteiger partial charge on any atom is 0.262 e. The van der Waals surface area contributed by atoms with Gasteiger partial charge in [-0.2, -0.15) is 0 Å². The van der Waals surface area contributed by atoms with E-state index in [1.807, 2.05) is 26.1 Å². The Kier molecular flexibility index (Phi) is 3.54. The summed E-state index contributed by atoms with van der Waals surface area (Å²) >= 11 is 3.54. The van der Waals surface area contributed by atoms with Crippen molar-refractivity contribution in [3.05, 3.63) is 32.5 Å². The lowest BCUT2D eigenvalue weighted by atomic mass is 10.1. The Balaban J connectivity index is 2.24. The van der Waals surface area contributed by atoms with Crippen molar-refractivity contribution in [1.29, 1.82) is 0 Å². The van der Waals surface area contributed by atoms with Crippen molar-refractivity contribution in [3.63, 3.8) is 0 Å². The highest BCUT2D eigenvalue weighted by Gasteiger charge is 2.18. The van der Waals surface area contributed by atoms with Crippen LogP contribution >= 0.6 is 15.9 Å². The monoisotopic (exact) mass is 335 g/mol. The van der Waals surface area contributed by atoms with Crippen LogP contribution in [0.25, 0.3) is 10.9 Å². The molecule has 0 atom stereocenters. The van der Waals surface area contributed by atoms with Gasteiger partial charge >= 0.3 is 0 Å². The van der Waals surface area contributed by atoms with Crippen LogP contribution in [0, 0.1) is 6.92 Å². The van der Waals surface area contributed by atoms with Gasteiger partial charge in [-0.3, -0.25) is 9.36 Å². The van der Waals surface area contributed by atoms with Crippen molar-refractivity contribution in [2.75, 3.05) is 18.0 Å². The molecule has 0 bridgehead atoms. The molecular weight excluding hydrogens is 318 g/mol. The van der Waals surface area contributed by atoms with Crippen LogP contribution in [-0.4, -0.2) is 22.6 Å². The fourth-order valence-electron chi connectivity index (χ4n) is 2.83. The molecule has 1 fully saturated rings. The van der Waals surface area contributed by atoms with Crippen LogP contribution in [0.4, 0.5) is 5.95 Å². The summed E-state index contributed by atoms with van der Waals surface area (Å²) in [6.07, 6.45) is 3.60. The number of halogens is 1. The standard InChI is InChI=1S/C15H18BrN3O/c1-10-8-11-13(12(16)9-10)17-15(18(2)14(11)20)19-6-4-3-5-7-19/h8-9H,3-7H2,1-2H3. The topological polar surface area (TPSA) is 38.1 Å². The molecule has 1 aromatic carbocycles. The van der Waals surface area contributed by atoms with Gasteiger partial charge in [0.2, 0.25) is 5.95 Å². The zero-order valence-corrected chi connectivity index (χ0v) is 13.4. The van der Waals surface area contributed by atoms with Crippen LogP contribution in [-0.2, 0) is 7.05 Å². The Morgan fingerprint density at radius 1 is 1.20 bits per heavy atom. The predicted octanol–water partition coefficient (Wildman–Crippen LogP) is 2.99. The lowest BCUT2D eigenvalue weighted by Gasteiger charge is -2.29. The summed E-state index contributed by atoms with van der Waals surface area (Å²) in [5, 5.41) is 0.681. The number of hydrogen-bond acceptors (Lipinski definition) is 3. The molecule has 2 aromatic rings. The Bertz CT molecular complexity index is 717. The van der Waals surface area contributed by atoms with E-state index in [4.69, 9.17) is 4.98 Å². The first-order valence-corrected chi connectivity index (χ1v) is 7.79. The van der Waals surface area contributed by atoms with E-state index in [-0.39, 0.29) is 5.56 Å².